The number of benzene rings is 1. The van der Waals surface area contributed by atoms with Gasteiger partial charge < -0.3 is 9.80 Å². The smallest absolute Gasteiger partial charge is 0.278 e. The molecule has 2 fully saturated rings. The van der Waals surface area contributed by atoms with Crippen LogP contribution in [-0.4, -0.2) is 47.0 Å². The topological polar surface area (TPSA) is 69.3 Å². The fraction of sp³-hybridized carbons (Fsp3) is 0.500. The van der Waals surface area contributed by atoms with Crippen LogP contribution in [0.5, 0.6) is 0 Å². The molecule has 0 radical (unpaired) electrons. The molecule has 0 atom stereocenters. The summed E-state index contributed by atoms with van der Waals surface area (Å²) in [5.74, 6) is 0.800. The van der Waals surface area contributed by atoms with Gasteiger partial charge in [-0.1, -0.05) is 31.0 Å². The lowest BCUT2D eigenvalue weighted by molar-refractivity contribution is -0.136. The van der Waals surface area contributed by atoms with Gasteiger partial charge in [-0.05, 0) is 43.9 Å². The van der Waals surface area contributed by atoms with Crippen LogP contribution in [0.2, 0.25) is 0 Å². The predicted molar refractivity (Wildman–Crippen MR) is 108 cm³/mol. The van der Waals surface area contributed by atoms with Crippen LogP contribution in [0.1, 0.15) is 60.6 Å². The number of carbonyl (C=O) groups is 2. The summed E-state index contributed by atoms with van der Waals surface area (Å²) in [6, 6.07) is 11.4. The molecule has 2 aromatic rings. The molecule has 1 aliphatic heterocycles. The molecular formula is C22H28N4O2. The number of nitrogens with one attached hydrogen (secondary N) is 1. The van der Waals surface area contributed by atoms with Gasteiger partial charge in [-0.3, -0.25) is 14.7 Å². The number of H-pyrrole nitrogens is 1. The molecule has 148 valence electrons. The third kappa shape index (κ3) is 3.81. The molecule has 2 heterocycles. The number of amides is 2. The molecule has 6 nitrogen and oxygen atoms in total. The number of hydrogen-bond acceptors (Lipinski definition) is 3. The quantitative estimate of drug-likeness (QED) is 0.881. The fourth-order valence-corrected chi connectivity index (χ4v) is 4.44. The van der Waals surface area contributed by atoms with Crippen molar-refractivity contribution in [3.05, 3.63) is 47.8 Å². The first-order valence-electron chi connectivity index (χ1n) is 10.3. The first-order valence-corrected chi connectivity index (χ1v) is 10.3. The first-order chi connectivity index (χ1) is 13.6. The van der Waals surface area contributed by atoms with Crippen molar-refractivity contribution >= 4 is 17.5 Å². The molecule has 4 rings (SSSR count). The zero-order valence-corrected chi connectivity index (χ0v) is 16.4. The van der Waals surface area contributed by atoms with Crippen LogP contribution in [0.15, 0.2) is 36.4 Å². The van der Waals surface area contributed by atoms with Crippen molar-refractivity contribution in [3.8, 4) is 0 Å². The zero-order valence-electron chi connectivity index (χ0n) is 16.4. The Labute approximate surface area is 165 Å². The molecule has 0 spiro atoms. The highest BCUT2D eigenvalue weighted by Crippen LogP contribution is 2.31. The zero-order chi connectivity index (χ0) is 19.5. The molecule has 1 saturated carbocycles. The summed E-state index contributed by atoms with van der Waals surface area (Å²) in [5.41, 5.74) is 2.28. The van der Waals surface area contributed by atoms with Crippen molar-refractivity contribution in [1.29, 1.82) is 0 Å². The van der Waals surface area contributed by atoms with Gasteiger partial charge in [0.25, 0.3) is 5.91 Å². The van der Waals surface area contributed by atoms with Gasteiger partial charge in [0.05, 0.1) is 0 Å². The van der Waals surface area contributed by atoms with E-state index in [1.54, 1.807) is 11.9 Å². The van der Waals surface area contributed by atoms with E-state index < -0.39 is 0 Å². The highest BCUT2D eigenvalue weighted by Gasteiger charge is 2.31. The van der Waals surface area contributed by atoms with Gasteiger partial charge in [0, 0.05) is 43.4 Å². The number of carbonyl (C=O) groups excluding carboxylic acids is 2. The Balaban J connectivity index is 1.36. The average Bonchev–Trinajstić information content (AvgIpc) is 3.45. The maximum atomic E-state index is 12.7. The van der Waals surface area contributed by atoms with Gasteiger partial charge in [-0.15, -0.1) is 0 Å². The van der Waals surface area contributed by atoms with E-state index in [1.165, 1.54) is 12.8 Å². The van der Waals surface area contributed by atoms with E-state index in [0.29, 0.717) is 17.5 Å². The van der Waals surface area contributed by atoms with E-state index in [9.17, 15) is 9.59 Å². The second-order valence-electron chi connectivity index (χ2n) is 7.99. The number of para-hydroxylation sites is 1. The molecule has 1 saturated heterocycles. The van der Waals surface area contributed by atoms with E-state index in [-0.39, 0.29) is 11.8 Å². The van der Waals surface area contributed by atoms with E-state index in [0.717, 1.165) is 50.2 Å². The molecule has 2 aliphatic rings. The Morgan fingerprint density at radius 3 is 2.43 bits per heavy atom. The van der Waals surface area contributed by atoms with Crippen LogP contribution < -0.4 is 4.90 Å². The van der Waals surface area contributed by atoms with Crippen molar-refractivity contribution in [1.82, 2.24) is 15.1 Å². The van der Waals surface area contributed by atoms with Crippen molar-refractivity contribution in [2.75, 3.05) is 25.0 Å². The molecule has 6 heteroatoms. The van der Waals surface area contributed by atoms with Crippen molar-refractivity contribution < 1.29 is 9.59 Å². The molecule has 28 heavy (non-hydrogen) atoms. The Hall–Kier alpha value is -2.63. The van der Waals surface area contributed by atoms with Crippen LogP contribution in [0.3, 0.4) is 0 Å². The lowest BCUT2D eigenvalue weighted by Crippen LogP contribution is -2.40. The van der Waals surface area contributed by atoms with E-state index in [1.807, 2.05) is 41.3 Å². The summed E-state index contributed by atoms with van der Waals surface area (Å²) in [6.07, 6.45) is 6.33. The molecule has 1 N–H and O–H groups in total. The Morgan fingerprint density at radius 2 is 1.75 bits per heavy atom. The van der Waals surface area contributed by atoms with E-state index in [2.05, 4.69) is 10.2 Å². The number of nitrogens with zero attached hydrogens (tertiary/aromatic N) is 3. The molecular weight excluding hydrogens is 352 g/mol. The van der Waals surface area contributed by atoms with Crippen LogP contribution in [0, 0.1) is 5.92 Å². The maximum absolute atomic E-state index is 12.7. The number of rotatable bonds is 4. The number of aromatic nitrogens is 2. The summed E-state index contributed by atoms with van der Waals surface area (Å²) in [5, 5.41) is 7.32. The van der Waals surface area contributed by atoms with Gasteiger partial charge >= 0.3 is 0 Å². The molecule has 0 bridgehead atoms. The second kappa shape index (κ2) is 8.17. The highest BCUT2D eigenvalue weighted by atomic mass is 16.2. The molecule has 1 aromatic heterocycles. The van der Waals surface area contributed by atoms with E-state index in [4.69, 9.17) is 0 Å². The summed E-state index contributed by atoms with van der Waals surface area (Å²) in [7, 11) is 1.76. The lowest BCUT2D eigenvalue weighted by atomic mass is 9.92. The Bertz CT molecular complexity index is 818. The minimum absolute atomic E-state index is 0.123. The van der Waals surface area contributed by atoms with Gasteiger partial charge in [0.1, 0.15) is 0 Å². The standard InChI is InChI=1S/C22H28N4O2/c1-25(18-9-3-2-4-10-18)22(28)20-15-19(23-24-20)16-11-13-26(14-12-16)21(27)17-7-5-6-8-17/h2-4,9-10,15-17H,5-8,11-14H2,1H3,(H,23,24). The fourth-order valence-electron chi connectivity index (χ4n) is 4.44. The third-order valence-corrected chi connectivity index (χ3v) is 6.22. The summed E-state index contributed by atoms with van der Waals surface area (Å²) in [4.78, 5) is 29.0. The molecule has 2 amide bonds. The number of aromatic amines is 1. The van der Waals surface area contributed by atoms with Gasteiger partial charge in [0.2, 0.25) is 5.91 Å². The van der Waals surface area contributed by atoms with Crippen molar-refractivity contribution in [2.45, 2.75) is 44.4 Å². The molecule has 0 unspecified atom stereocenters. The number of piperidine rings is 1. The van der Waals surface area contributed by atoms with Crippen LogP contribution in [0.4, 0.5) is 5.69 Å². The highest BCUT2D eigenvalue weighted by molar-refractivity contribution is 6.04. The summed E-state index contributed by atoms with van der Waals surface area (Å²) >= 11 is 0. The summed E-state index contributed by atoms with van der Waals surface area (Å²) < 4.78 is 0. The summed E-state index contributed by atoms with van der Waals surface area (Å²) in [6.45, 7) is 1.60. The molecule has 1 aliphatic carbocycles. The van der Waals surface area contributed by atoms with Crippen LogP contribution in [-0.2, 0) is 4.79 Å². The van der Waals surface area contributed by atoms with Crippen LogP contribution in [0.25, 0.3) is 0 Å². The SMILES string of the molecule is CN(C(=O)c1cc(C2CCN(C(=O)C3CCCC3)CC2)[nH]n1)c1ccccc1. The third-order valence-electron chi connectivity index (χ3n) is 6.22. The maximum Gasteiger partial charge on any atom is 0.278 e. The van der Waals surface area contributed by atoms with Crippen molar-refractivity contribution in [3.63, 3.8) is 0 Å². The average molecular weight is 380 g/mol. The van der Waals surface area contributed by atoms with Gasteiger partial charge in [-0.25, -0.2) is 0 Å². The Kier molecular flexibility index (Phi) is 5.46. The van der Waals surface area contributed by atoms with Gasteiger partial charge in [0.15, 0.2) is 5.69 Å². The lowest BCUT2D eigenvalue weighted by Gasteiger charge is -2.33. The van der Waals surface area contributed by atoms with Gasteiger partial charge in [-0.2, -0.15) is 5.10 Å². The second-order valence-corrected chi connectivity index (χ2v) is 7.99. The number of likely N-dealkylation sites (tertiary alicyclic amines) is 1. The predicted octanol–water partition coefficient (Wildman–Crippen LogP) is 3.58. The number of anilines is 1. The molecule has 1 aromatic carbocycles. The van der Waals surface area contributed by atoms with E-state index >= 15 is 0 Å². The van der Waals surface area contributed by atoms with Crippen LogP contribution >= 0.6 is 0 Å². The Morgan fingerprint density at radius 1 is 1.07 bits per heavy atom. The van der Waals surface area contributed by atoms with Crippen molar-refractivity contribution in [2.24, 2.45) is 5.92 Å². The minimum Gasteiger partial charge on any atom is -0.342 e. The minimum atomic E-state index is -0.123. The number of hydrogen-bond donors (Lipinski definition) is 1. The monoisotopic (exact) mass is 380 g/mol. The first kappa shape index (κ1) is 18.7. The largest absolute Gasteiger partial charge is 0.342 e. The normalized spacial score (nSPS) is 18.4.